The Balaban J connectivity index is 1.30. The first-order valence-electron chi connectivity index (χ1n) is 12.3. The number of carbonyl (C=O) groups is 2. The number of rotatable bonds is 6. The molecular weight excluding hydrogens is 482 g/mol. The van der Waals surface area contributed by atoms with Crippen molar-refractivity contribution in [2.24, 2.45) is 0 Å². The van der Waals surface area contributed by atoms with Crippen molar-refractivity contribution in [3.8, 4) is 23.3 Å². The monoisotopic (exact) mass is 509 g/mol. The summed E-state index contributed by atoms with van der Waals surface area (Å²) in [5.74, 6) is 7.09. The van der Waals surface area contributed by atoms with Gasteiger partial charge in [0.05, 0.1) is 0 Å². The topological polar surface area (TPSA) is 125 Å². The summed E-state index contributed by atoms with van der Waals surface area (Å²) in [6.45, 7) is 4.83. The molecule has 1 saturated heterocycles. The molecule has 0 spiro atoms. The fraction of sp³-hybridized carbons (Fsp3) is 0.250. The van der Waals surface area contributed by atoms with Gasteiger partial charge in [0.25, 0.3) is 11.8 Å². The first kappa shape index (κ1) is 24.8. The standard InChI is InChI=1S/C28H27N7O3/c1-3-5-24(36)35-15-4-6-20(17-35)31-27-25-22(12-14-30-26(25)33-34-27)38-21-9-7-19(8-10-21)28(37)32-23-16-18(2)11-13-29-23/h7-14,16,20H,4,6,15,17H2,1-2H3,(H,29,32,37)(H2,30,31,33,34). The molecule has 0 aliphatic carbocycles. The molecule has 192 valence electrons. The van der Waals surface area contributed by atoms with E-state index in [9.17, 15) is 9.59 Å². The van der Waals surface area contributed by atoms with Gasteiger partial charge in [0.15, 0.2) is 11.5 Å². The van der Waals surface area contributed by atoms with E-state index in [4.69, 9.17) is 4.74 Å². The molecule has 10 nitrogen and oxygen atoms in total. The van der Waals surface area contributed by atoms with E-state index in [0.29, 0.717) is 52.8 Å². The molecule has 10 heteroatoms. The number of piperidine rings is 1. The van der Waals surface area contributed by atoms with Crippen LogP contribution in [0, 0.1) is 18.8 Å². The van der Waals surface area contributed by atoms with Crippen LogP contribution in [0.2, 0.25) is 0 Å². The zero-order valence-electron chi connectivity index (χ0n) is 21.1. The molecule has 1 atom stereocenters. The van der Waals surface area contributed by atoms with E-state index in [-0.39, 0.29) is 17.9 Å². The second-order valence-electron chi connectivity index (χ2n) is 9.01. The van der Waals surface area contributed by atoms with Gasteiger partial charge >= 0.3 is 0 Å². The van der Waals surface area contributed by atoms with Crippen LogP contribution in [-0.2, 0) is 4.79 Å². The van der Waals surface area contributed by atoms with E-state index in [0.717, 1.165) is 18.4 Å². The molecule has 3 aromatic heterocycles. The lowest BCUT2D eigenvalue weighted by atomic mass is 10.1. The molecular formula is C28H27N7O3. The molecule has 1 fully saturated rings. The molecule has 0 bridgehead atoms. The average molecular weight is 510 g/mol. The number of hydrogen-bond acceptors (Lipinski definition) is 7. The van der Waals surface area contributed by atoms with E-state index >= 15 is 0 Å². The number of aryl methyl sites for hydroxylation is 1. The molecule has 1 unspecified atom stereocenters. The molecule has 2 amide bonds. The predicted octanol–water partition coefficient (Wildman–Crippen LogP) is 4.13. The minimum atomic E-state index is -0.257. The minimum Gasteiger partial charge on any atom is -0.456 e. The van der Waals surface area contributed by atoms with E-state index in [1.165, 1.54) is 0 Å². The SMILES string of the molecule is CC#CC(=O)N1CCCC(Nc2n[nH]c3nccc(Oc4ccc(C(=O)Nc5cc(C)ccn5)cc4)c23)C1. The second-order valence-corrected chi connectivity index (χ2v) is 9.01. The predicted molar refractivity (Wildman–Crippen MR) is 144 cm³/mol. The molecule has 1 aliphatic heterocycles. The summed E-state index contributed by atoms with van der Waals surface area (Å²) in [5.41, 5.74) is 2.07. The Hall–Kier alpha value is -4.91. The van der Waals surface area contributed by atoms with Crippen LogP contribution in [0.25, 0.3) is 11.0 Å². The number of nitrogens with one attached hydrogen (secondary N) is 3. The third-order valence-corrected chi connectivity index (χ3v) is 6.21. The maximum atomic E-state index is 12.6. The number of anilines is 2. The number of hydrogen-bond donors (Lipinski definition) is 3. The third-order valence-electron chi connectivity index (χ3n) is 6.21. The van der Waals surface area contributed by atoms with Crippen molar-refractivity contribution in [2.45, 2.75) is 32.7 Å². The summed E-state index contributed by atoms with van der Waals surface area (Å²) in [6, 6.07) is 12.3. The van der Waals surface area contributed by atoms with Gasteiger partial charge in [-0.3, -0.25) is 14.7 Å². The Kier molecular flexibility index (Phi) is 7.17. The Labute approximate surface area is 219 Å². The van der Waals surface area contributed by atoms with Gasteiger partial charge in [0.1, 0.15) is 22.7 Å². The molecule has 0 radical (unpaired) electrons. The summed E-state index contributed by atoms with van der Waals surface area (Å²) >= 11 is 0. The van der Waals surface area contributed by atoms with Crippen molar-refractivity contribution in [3.05, 3.63) is 66.0 Å². The molecule has 4 heterocycles. The number of nitrogens with zero attached hydrogens (tertiary/aromatic N) is 4. The van der Waals surface area contributed by atoms with Crippen LogP contribution >= 0.6 is 0 Å². The Bertz CT molecular complexity index is 1540. The highest BCUT2D eigenvalue weighted by atomic mass is 16.5. The number of ether oxygens (including phenoxy) is 1. The fourth-order valence-corrected chi connectivity index (χ4v) is 4.37. The average Bonchev–Trinajstić information content (AvgIpc) is 3.33. The van der Waals surface area contributed by atoms with Crippen LogP contribution in [0.15, 0.2) is 54.9 Å². The molecule has 3 N–H and O–H groups in total. The van der Waals surface area contributed by atoms with E-state index in [1.54, 1.807) is 54.5 Å². The third kappa shape index (κ3) is 5.57. The Morgan fingerprint density at radius 2 is 1.95 bits per heavy atom. The maximum absolute atomic E-state index is 12.6. The fourth-order valence-electron chi connectivity index (χ4n) is 4.37. The van der Waals surface area contributed by atoms with Gasteiger partial charge in [-0.25, -0.2) is 9.97 Å². The van der Waals surface area contributed by atoms with Crippen LogP contribution in [0.5, 0.6) is 11.5 Å². The lowest BCUT2D eigenvalue weighted by Crippen LogP contribution is -2.44. The lowest BCUT2D eigenvalue weighted by molar-refractivity contribution is -0.126. The Morgan fingerprint density at radius 3 is 2.74 bits per heavy atom. The molecule has 1 aromatic carbocycles. The minimum absolute atomic E-state index is 0.0200. The van der Waals surface area contributed by atoms with Gasteiger partial charge in [-0.05, 0) is 74.6 Å². The number of aromatic nitrogens is 4. The van der Waals surface area contributed by atoms with Crippen LogP contribution in [0.4, 0.5) is 11.6 Å². The summed E-state index contributed by atoms with van der Waals surface area (Å²) in [6.07, 6.45) is 5.07. The highest BCUT2D eigenvalue weighted by molar-refractivity contribution is 6.03. The van der Waals surface area contributed by atoms with Crippen molar-refractivity contribution in [3.63, 3.8) is 0 Å². The van der Waals surface area contributed by atoms with E-state index in [1.807, 2.05) is 19.1 Å². The van der Waals surface area contributed by atoms with E-state index in [2.05, 4.69) is 42.6 Å². The van der Waals surface area contributed by atoms with Crippen molar-refractivity contribution >= 4 is 34.5 Å². The number of H-pyrrole nitrogens is 1. The first-order valence-corrected chi connectivity index (χ1v) is 12.3. The number of aromatic amines is 1. The smallest absolute Gasteiger partial charge is 0.298 e. The molecule has 5 rings (SSSR count). The maximum Gasteiger partial charge on any atom is 0.298 e. The van der Waals surface area contributed by atoms with Crippen molar-refractivity contribution < 1.29 is 14.3 Å². The molecule has 4 aromatic rings. The summed E-state index contributed by atoms with van der Waals surface area (Å²) in [4.78, 5) is 35.1. The van der Waals surface area contributed by atoms with Crippen LogP contribution in [-0.4, -0.2) is 56.0 Å². The van der Waals surface area contributed by atoms with Gasteiger partial charge in [0.2, 0.25) is 0 Å². The lowest BCUT2D eigenvalue weighted by Gasteiger charge is -2.32. The second kappa shape index (κ2) is 11.0. The van der Waals surface area contributed by atoms with Crippen molar-refractivity contribution in [1.82, 2.24) is 25.1 Å². The van der Waals surface area contributed by atoms with Crippen LogP contribution in [0.1, 0.15) is 35.7 Å². The summed E-state index contributed by atoms with van der Waals surface area (Å²) in [7, 11) is 0. The number of fused-ring (bicyclic) bond motifs is 1. The molecule has 38 heavy (non-hydrogen) atoms. The quantitative estimate of drug-likeness (QED) is 0.334. The summed E-state index contributed by atoms with van der Waals surface area (Å²) < 4.78 is 6.17. The molecule has 0 saturated carbocycles. The highest BCUT2D eigenvalue weighted by Crippen LogP contribution is 2.33. The first-order chi connectivity index (χ1) is 18.5. The zero-order valence-corrected chi connectivity index (χ0v) is 21.1. The molecule has 1 aliphatic rings. The summed E-state index contributed by atoms with van der Waals surface area (Å²) in [5, 5.41) is 14.3. The number of likely N-dealkylation sites (tertiary alicyclic amines) is 1. The number of benzene rings is 1. The van der Waals surface area contributed by atoms with Gasteiger partial charge < -0.3 is 20.3 Å². The normalized spacial score (nSPS) is 14.9. The van der Waals surface area contributed by atoms with Crippen molar-refractivity contribution in [2.75, 3.05) is 23.7 Å². The van der Waals surface area contributed by atoms with Gasteiger partial charge in [-0.2, -0.15) is 5.10 Å². The van der Waals surface area contributed by atoms with Gasteiger partial charge in [-0.15, -0.1) is 0 Å². The highest BCUT2D eigenvalue weighted by Gasteiger charge is 2.24. The van der Waals surface area contributed by atoms with Gasteiger partial charge in [0, 0.05) is 43.2 Å². The largest absolute Gasteiger partial charge is 0.456 e. The number of pyridine rings is 2. The van der Waals surface area contributed by atoms with Crippen LogP contribution in [0.3, 0.4) is 0 Å². The zero-order chi connectivity index (χ0) is 26.5. The van der Waals surface area contributed by atoms with E-state index < -0.39 is 0 Å². The number of amides is 2. The van der Waals surface area contributed by atoms with Crippen LogP contribution < -0.4 is 15.4 Å². The Morgan fingerprint density at radius 1 is 1.13 bits per heavy atom. The van der Waals surface area contributed by atoms with Crippen molar-refractivity contribution in [1.29, 1.82) is 0 Å². The van der Waals surface area contributed by atoms with Gasteiger partial charge in [-0.1, -0.05) is 5.92 Å². The number of carbonyl (C=O) groups excluding carboxylic acids is 2.